The summed E-state index contributed by atoms with van der Waals surface area (Å²) in [5, 5.41) is 2.33. The maximum atomic E-state index is 13.0. The predicted molar refractivity (Wildman–Crippen MR) is 65.1 cm³/mol. The van der Waals surface area contributed by atoms with Crippen LogP contribution in [0.2, 0.25) is 0 Å². The van der Waals surface area contributed by atoms with Crippen molar-refractivity contribution in [3.8, 4) is 0 Å². The zero-order valence-corrected chi connectivity index (χ0v) is 10.4. The number of amides is 1. The topological polar surface area (TPSA) is 55.1 Å². The third-order valence-corrected chi connectivity index (χ3v) is 2.40. The average molecular weight is 294 g/mol. The van der Waals surface area contributed by atoms with Crippen LogP contribution in [0.5, 0.6) is 0 Å². The fourth-order valence-corrected chi connectivity index (χ4v) is 1.39. The van der Waals surface area contributed by atoms with E-state index in [1.807, 2.05) is 0 Å². The van der Waals surface area contributed by atoms with Gasteiger partial charge in [-0.05, 0) is 18.2 Å². The Balaban J connectivity index is 2.84. The van der Waals surface area contributed by atoms with Crippen molar-refractivity contribution in [2.75, 3.05) is 6.54 Å². The molecule has 0 aliphatic rings. The van der Waals surface area contributed by atoms with Gasteiger partial charge in [0.2, 0.25) is 0 Å². The maximum absolute atomic E-state index is 13.0. The van der Waals surface area contributed by atoms with Crippen LogP contribution < -0.4 is 11.1 Å². The molecule has 0 unspecified atom stereocenters. The highest BCUT2D eigenvalue weighted by molar-refractivity contribution is 7.80. The highest BCUT2D eigenvalue weighted by atomic mass is 32.1. The number of alkyl halides is 3. The lowest BCUT2D eigenvalue weighted by atomic mass is 10.1. The van der Waals surface area contributed by atoms with Crippen LogP contribution in [0.4, 0.5) is 17.6 Å². The van der Waals surface area contributed by atoms with Gasteiger partial charge in [-0.3, -0.25) is 4.79 Å². The van der Waals surface area contributed by atoms with Crippen molar-refractivity contribution in [3.05, 3.63) is 35.1 Å². The summed E-state index contributed by atoms with van der Waals surface area (Å²) in [7, 11) is 0. The van der Waals surface area contributed by atoms with E-state index >= 15 is 0 Å². The van der Waals surface area contributed by atoms with Gasteiger partial charge in [-0.1, -0.05) is 12.2 Å². The second-order valence-electron chi connectivity index (χ2n) is 3.66. The Hall–Kier alpha value is -1.70. The molecule has 0 saturated heterocycles. The van der Waals surface area contributed by atoms with Crippen molar-refractivity contribution >= 4 is 23.1 Å². The number of nitrogens with two attached hydrogens (primary N) is 1. The van der Waals surface area contributed by atoms with Crippen LogP contribution in [0.15, 0.2) is 18.2 Å². The molecule has 0 fully saturated rings. The minimum atomic E-state index is -4.85. The molecule has 1 rings (SSSR count). The van der Waals surface area contributed by atoms with Crippen molar-refractivity contribution in [1.29, 1.82) is 0 Å². The van der Waals surface area contributed by atoms with Crippen molar-refractivity contribution in [1.82, 2.24) is 5.32 Å². The van der Waals surface area contributed by atoms with E-state index in [-0.39, 0.29) is 23.5 Å². The average Bonchev–Trinajstić information content (AvgIpc) is 2.27. The smallest absolute Gasteiger partial charge is 0.393 e. The molecule has 0 heterocycles. The molecule has 8 heteroatoms. The highest BCUT2D eigenvalue weighted by Gasteiger charge is 2.34. The van der Waals surface area contributed by atoms with Gasteiger partial charge in [0.15, 0.2) is 0 Å². The molecule has 0 bridgehead atoms. The van der Waals surface area contributed by atoms with E-state index in [0.29, 0.717) is 12.1 Å². The molecule has 3 nitrogen and oxygen atoms in total. The molecule has 0 aliphatic carbocycles. The highest BCUT2D eigenvalue weighted by Crippen LogP contribution is 2.31. The first-order valence-corrected chi connectivity index (χ1v) is 5.56. The minimum absolute atomic E-state index is 0.104. The molecule has 19 heavy (non-hydrogen) atoms. The summed E-state index contributed by atoms with van der Waals surface area (Å²) >= 11 is 4.58. The van der Waals surface area contributed by atoms with E-state index in [2.05, 4.69) is 17.5 Å². The molecule has 0 aromatic heterocycles. The van der Waals surface area contributed by atoms with Crippen LogP contribution >= 0.6 is 12.2 Å². The number of carbonyl (C=O) groups excluding carboxylic acids is 1. The van der Waals surface area contributed by atoms with Crippen LogP contribution in [-0.2, 0) is 6.18 Å². The molecule has 1 amide bonds. The molecule has 1 aromatic carbocycles. The number of hydrogen-bond acceptors (Lipinski definition) is 2. The van der Waals surface area contributed by atoms with Crippen molar-refractivity contribution in [3.63, 3.8) is 0 Å². The minimum Gasteiger partial charge on any atom is -0.393 e. The standard InChI is InChI=1S/C11H10F4N2OS/c12-8-2-1-6(5-7(8)11(13,14)15)10(18)17-4-3-9(16)19/h1-2,5H,3-4H2,(H2,16,19)(H,17,18). The molecular formula is C11H10F4N2OS. The summed E-state index contributed by atoms with van der Waals surface area (Å²) < 4.78 is 50.3. The van der Waals surface area contributed by atoms with Crippen LogP contribution in [0.25, 0.3) is 0 Å². The summed E-state index contributed by atoms with van der Waals surface area (Å²) in [5.74, 6) is -2.17. The molecular weight excluding hydrogens is 284 g/mol. The number of thiocarbonyl (C=S) groups is 1. The Morgan fingerprint density at radius 1 is 1.37 bits per heavy atom. The summed E-state index contributed by atoms with van der Waals surface area (Å²) in [6, 6.07) is 2.04. The third kappa shape index (κ3) is 4.47. The SMILES string of the molecule is NC(=S)CCNC(=O)c1ccc(F)c(C(F)(F)F)c1. The van der Waals surface area contributed by atoms with Gasteiger partial charge in [-0.15, -0.1) is 0 Å². The Morgan fingerprint density at radius 2 is 2.00 bits per heavy atom. The van der Waals surface area contributed by atoms with Crippen LogP contribution in [0.3, 0.4) is 0 Å². The fraction of sp³-hybridized carbons (Fsp3) is 0.273. The lowest BCUT2D eigenvalue weighted by Crippen LogP contribution is -2.27. The number of benzene rings is 1. The number of carbonyl (C=O) groups is 1. The van der Waals surface area contributed by atoms with Gasteiger partial charge >= 0.3 is 6.18 Å². The van der Waals surface area contributed by atoms with Gasteiger partial charge in [0.1, 0.15) is 5.82 Å². The zero-order valence-electron chi connectivity index (χ0n) is 9.55. The first-order chi connectivity index (χ1) is 8.71. The first-order valence-electron chi connectivity index (χ1n) is 5.15. The molecule has 0 radical (unpaired) electrons. The Bertz CT molecular complexity index is 502. The number of nitrogens with one attached hydrogen (secondary N) is 1. The maximum Gasteiger partial charge on any atom is 0.419 e. The van der Waals surface area contributed by atoms with Gasteiger partial charge in [0.05, 0.1) is 10.6 Å². The molecule has 1 aromatic rings. The summed E-state index contributed by atoms with van der Waals surface area (Å²) in [5.41, 5.74) is 3.44. The van der Waals surface area contributed by atoms with Crippen molar-refractivity contribution in [2.24, 2.45) is 5.73 Å². The molecule has 0 aliphatic heterocycles. The van der Waals surface area contributed by atoms with Gasteiger partial charge in [-0.2, -0.15) is 13.2 Å². The predicted octanol–water partition coefficient (Wildman–Crippen LogP) is 2.25. The zero-order chi connectivity index (χ0) is 14.6. The molecule has 0 saturated carbocycles. The lowest BCUT2D eigenvalue weighted by molar-refractivity contribution is -0.140. The first kappa shape index (κ1) is 15.4. The van der Waals surface area contributed by atoms with Gasteiger partial charge in [-0.25, -0.2) is 4.39 Å². The molecule has 3 N–H and O–H groups in total. The normalized spacial score (nSPS) is 11.2. The van der Waals surface area contributed by atoms with E-state index in [9.17, 15) is 22.4 Å². The third-order valence-electron chi connectivity index (χ3n) is 2.19. The van der Waals surface area contributed by atoms with Gasteiger partial charge < -0.3 is 11.1 Å². The number of halogens is 4. The molecule has 0 atom stereocenters. The Morgan fingerprint density at radius 3 is 2.53 bits per heavy atom. The van der Waals surface area contributed by atoms with Gasteiger partial charge in [0.25, 0.3) is 5.91 Å². The van der Waals surface area contributed by atoms with E-state index in [1.54, 1.807) is 0 Å². The van der Waals surface area contributed by atoms with Crippen molar-refractivity contribution in [2.45, 2.75) is 12.6 Å². The monoisotopic (exact) mass is 294 g/mol. The molecule has 104 valence electrons. The van der Waals surface area contributed by atoms with Crippen LogP contribution in [-0.4, -0.2) is 17.4 Å². The van der Waals surface area contributed by atoms with Crippen LogP contribution in [0.1, 0.15) is 22.3 Å². The summed E-state index contributed by atoms with van der Waals surface area (Å²) in [4.78, 5) is 11.7. The lowest BCUT2D eigenvalue weighted by Gasteiger charge is -2.10. The Kier molecular flexibility index (Phi) is 4.82. The second-order valence-corrected chi connectivity index (χ2v) is 4.19. The second kappa shape index (κ2) is 5.96. The van der Waals surface area contributed by atoms with E-state index in [4.69, 9.17) is 5.73 Å². The Labute approximate surface area is 111 Å². The van der Waals surface area contributed by atoms with Gasteiger partial charge in [0, 0.05) is 18.5 Å². The summed E-state index contributed by atoms with van der Waals surface area (Å²) in [6.07, 6.45) is -4.62. The van der Waals surface area contributed by atoms with Crippen molar-refractivity contribution < 1.29 is 22.4 Å². The van der Waals surface area contributed by atoms with E-state index in [0.717, 1.165) is 6.07 Å². The van der Waals surface area contributed by atoms with Crippen LogP contribution in [0, 0.1) is 5.82 Å². The summed E-state index contributed by atoms with van der Waals surface area (Å²) in [6.45, 7) is 0.104. The largest absolute Gasteiger partial charge is 0.419 e. The number of hydrogen-bond donors (Lipinski definition) is 2. The number of rotatable bonds is 4. The van der Waals surface area contributed by atoms with E-state index in [1.165, 1.54) is 0 Å². The van der Waals surface area contributed by atoms with E-state index < -0.39 is 23.5 Å². The molecule has 0 spiro atoms. The quantitative estimate of drug-likeness (QED) is 0.661. The fourth-order valence-electron chi connectivity index (χ4n) is 1.29.